The summed E-state index contributed by atoms with van der Waals surface area (Å²) in [4.78, 5) is 13.9. The predicted molar refractivity (Wildman–Crippen MR) is 69.8 cm³/mol. The van der Waals surface area contributed by atoms with Crippen LogP contribution in [0.3, 0.4) is 0 Å². The molecule has 17 heavy (non-hydrogen) atoms. The number of aliphatic hydroxyl groups excluding tert-OH is 1. The molecule has 1 heterocycles. The number of rotatable bonds is 1. The summed E-state index contributed by atoms with van der Waals surface area (Å²) < 4.78 is 0.960. The van der Waals surface area contributed by atoms with Crippen LogP contribution in [0.25, 0.3) is 0 Å². The number of carbonyl (C=O) groups excluding carboxylic acids is 1. The minimum atomic E-state index is -0.400. The molecular weight excluding hydrogens is 282 g/mol. The molecule has 0 bridgehead atoms. The fraction of sp³-hybridized carbons (Fsp3) is 0.462. The molecule has 1 aliphatic rings. The number of β-amino-alcohol motifs (C(OH)–C–C–N with tert-alkyl or cyclic N) is 1. The molecule has 4 heteroatoms. The zero-order chi connectivity index (χ0) is 12.4. The van der Waals surface area contributed by atoms with Crippen LogP contribution in [0.2, 0.25) is 0 Å². The topological polar surface area (TPSA) is 40.5 Å². The van der Waals surface area contributed by atoms with Crippen molar-refractivity contribution < 1.29 is 9.90 Å². The average molecular weight is 298 g/mol. The van der Waals surface area contributed by atoms with Gasteiger partial charge in [0, 0.05) is 23.1 Å². The first-order valence-electron chi connectivity index (χ1n) is 5.81. The van der Waals surface area contributed by atoms with Crippen molar-refractivity contribution in [2.24, 2.45) is 5.92 Å². The lowest BCUT2D eigenvalue weighted by Crippen LogP contribution is -2.45. The van der Waals surface area contributed by atoms with Crippen LogP contribution in [-0.4, -0.2) is 35.1 Å². The summed E-state index contributed by atoms with van der Waals surface area (Å²) in [5.74, 6) is 0.285. The summed E-state index contributed by atoms with van der Waals surface area (Å²) in [6.07, 6.45) is 0.465. The minimum absolute atomic E-state index is 0.00319. The Balaban J connectivity index is 2.08. The summed E-state index contributed by atoms with van der Waals surface area (Å²) in [6, 6.07) is 7.32. The maximum Gasteiger partial charge on any atom is 0.253 e. The maximum atomic E-state index is 12.2. The second-order valence-electron chi connectivity index (χ2n) is 4.59. The molecule has 1 aliphatic heterocycles. The highest BCUT2D eigenvalue weighted by atomic mass is 79.9. The van der Waals surface area contributed by atoms with Gasteiger partial charge in [-0.05, 0) is 36.6 Å². The van der Waals surface area contributed by atoms with Gasteiger partial charge >= 0.3 is 0 Å². The van der Waals surface area contributed by atoms with E-state index < -0.39 is 6.10 Å². The fourth-order valence-corrected chi connectivity index (χ4v) is 2.27. The summed E-state index contributed by atoms with van der Waals surface area (Å²) in [5.41, 5.74) is 0.676. The van der Waals surface area contributed by atoms with Crippen LogP contribution in [0.5, 0.6) is 0 Å². The molecule has 0 radical (unpaired) electrons. The number of benzene rings is 1. The van der Waals surface area contributed by atoms with E-state index in [2.05, 4.69) is 15.9 Å². The van der Waals surface area contributed by atoms with Gasteiger partial charge in [-0.3, -0.25) is 4.79 Å². The van der Waals surface area contributed by atoms with E-state index in [1.54, 1.807) is 17.0 Å². The Morgan fingerprint density at radius 3 is 2.65 bits per heavy atom. The monoisotopic (exact) mass is 297 g/mol. The third-order valence-electron chi connectivity index (χ3n) is 3.30. The number of carbonyl (C=O) groups is 1. The van der Waals surface area contributed by atoms with Crippen molar-refractivity contribution in [3.05, 3.63) is 34.3 Å². The zero-order valence-corrected chi connectivity index (χ0v) is 11.4. The van der Waals surface area contributed by atoms with Gasteiger partial charge in [-0.15, -0.1) is 0 Å². The lowest BCUT2D eigenvalue weighted by molar-refractivity contribution is 0.0248. The Labute approximate surface area is 110 Å². The highest BCUT2D eigenvalue weighted by Gasteiger charge is 2.27. The first-order chi connectivity index (χ1) is 8.08. The van der Waals surface area contributed by atoms with Gasteiger partial charge in [0.1, 0.15) is 0 Å². The molecular formula is C13H16BrNO2. The van der Waals surface area contributed by atoms with E-state index >= 15 is 0 Å². The van der Waals surface area contributed by atoms with E-state index in [4.69, 9.17) is 0 Å². The molecule has 1 amide bonds. The van der Waals surface area contributed by atoms with Gasteiger partial charge in [-0.25, -0.2) is 0 Å². The van der Waals surface area contributed by atoms with Crippen molar-refractivity contribution in [3.8, 4) is 0 Å². The second kappa shape index (κ2) is 5.19. The lowest BCUT2D eigenvalue weighted by Gasteiger charge is -2.34. The summed E-state index contributed by atoms with van der Waals surface area (Å²) in [6.45, 7) is 3.19. The van der Waals surface area contributed by atoms with Crippen LogP contribution in [0.1, 0.15) is 23.7 Å². The first kappa shape index (κ1) is 12.6. The fourth-order valence-electron chi connectivity index (χ4n) is 2.01. The van der Waals surface area contributed by atoms with Crippen LogP contribution in [0, 0.1) is 5.92 Å². The van der Waals surface area contributed by atoms with E-state index in [9.17, 15) is 9.90 Å². The molecule has 0 aliphatic carbocycles. The number of aliphatic hydroxyl groups is 1. The van der Waals surface area contributed by atoms with E-state index in [0.717, 1.165) is 17.4 Å². The van der Waals surface area contributed by atoms with Crippen molar-refractivity contribution in [3.63, 3.8) is 0 Å². The number of amides is 1. The molecule has 1 saturated heterocycles. The minimum Gasteiger partial charge on any atom is -0.391 e. The zero-order valence-electron chi connectivity index (χ0n) is 9.77. The smallest absolute Gasteiger partial charge is 0.253 e. The van der Waals surface area contributed by atoms with Crippen LogP contribution in [0.4, 0.5) is 0 Å². The van der Waals surface area contributed by atoms with Gasteiger partial charge in [0.25, 0.3) is 5.91 Å². The third kappa shape index (κ3) is 2.87. The number of nitrogens with zero attached hydrogens (tertiary/aromatic N) is 1. The van der Waals surface area contributed by atoms with Crippen molar-refractivity contribution in [1.82, 2.24) is 4.90 Å². The van der Waals surface area contributed by atoms with Crippen molar-refractivity contribution in [2.75, 3.05) is 13.1 Å². The Bertz CT molecular complexity index is 404. The quantitative estimate of drug-likeness (QED) is 0.864. The molecule has 1 aromatic rings. The predicted octanol–water partition coefficient (Wildman–Crippen LogP) is 2.29. The third-order valence-corrected chi connectivity index (χ3v) is 3.83. The molecule has 2 atom stereocenters. The van der Waals surface area contributed by atoms with Crippen LogP contribution < -0.4 is 0 Å². The normalized spacial score (nSPS) is 24.8. The van der Waals surface area contributed by atoms with Crippen molar-refractivity contribution >= 4 is 21.8 Å². The van der Waals surface area contributed by atoms with Crippen LogP contribution >= 0.6 is 15.9 Å². The molecule has 2 unspecified atom stereocenters. The Hall–Kier alpha value is -0.870. The van der Waals surface area contributed by atoms with Gasteiger partial charge in [0.05, 0.1) is 6.10 Å². The molecule has 1 aromatic carbocycles. The average Bonchev–Trinajstić information content (AvgIpc) is 2.33. The summed E-state index contributed by atoms with van der Waals surface area (Å²) >= 11 is 3.34. The van der Waals surface area contributed by atoms with Gasteiger partial charge < -0.3 is 10.0 Å². The Morgan fingerprint density at radius 2 is 2.06 bits per heavy atom. The second-order valence-corrected chi connectivity index (χ2v) is 5.51. The molecule has 1 N–H and O–H groups in total. The molecule has 2 rings (SSSR count). The number of likely N-dealkylation sites (tertiary alicyclic amines) is 1. The summed E-state index contributed by atoms with van der Waals surface area (Å²) in [5, 5.41) is 9.79. The first-order valence-corrected chi connectivity index (χ1v) is 6.60. The largest absolute Gasteiger partial charge is 0.391 e. The molecule has 0 saturated carbocycles. The van der Waals surface area contributed by atoms with Crippen LogP contribution in [-0.2, 0) is 0 Å². The van der Waals surface area contributed by atoms with E-state index in [-0.39, 0.29) is 11.8 Å². The van der Waals surface area contributed by atoms with E-state index in [0.29, 0.717) is 12.1 Å². The standard InChI is InChI=1S/C13H16BrNO2/c1-9-6-7-15(8-12(9)16)13(17)10-2-4-11(14)5-3-10/h2-5,9,12,16H,6-8H2,1H3. The lowest BCUT2D eigenvalue weighted by atomic mass is 9.95. The number of hydrogen-bond donors (Lipinski definition) is 1. The van der Waals surface area contributed by atoms with Gasteiger partial charge in [-0.2, -0.15) is 0 Å². The molecule has 0 aromatic heterocycles. The van der Waals surface area contributed by atoms with Gasteiger partial charge in [0.15, 0.2) is 0 Å². The van der Waals surface area contributed by atoms with Gasteiger partial charge in [0.2, 0.25) is 0 Å². The molecule has 92 valence electrons. The van der Waals surface area contributed by atoms with Crippen LogP contribution in [0.15, 0.2) is 28.7 Å². The van der Waals surface area contributed by atoms with E-state index in [1.807, 2.05) is 19.1 Å². The SMILES string of the molecule is CC1CCN(C(=O)c2ccc(Br)cc2)CC1O. The van der Waals surface area contributed by atoms with Gasteiger partial charge in [-0.1, -0.05) is 22.9 Å². The summed E-state index contributed by atoms with van der Waals surface area (Å²) in [7, 11) is 0. The highest BCUT2D eigenvalue weighted by molar-refractivity contribution is 9.10. The number of piperidine rings is 1. The Morgan fingerprint density at radius 1 is 1.41 bits per heavy atom. The number of hydrogen-bond acceptors (Lipinski definition) is 2. The molecule has 0 spiro atoms. The maximum absolute atomic E-state index is 12.2. The van der Waals surface area contributed by atoms with Crippen molar-refractivity contribution in [2.45, 2.75) is 19.4 Å². The highest BCUT2D eigenvalue weighted by Crippen LogP contribution is 2.19. The number of halogens is 1. The molecule has 3 nitrogen and oxygen atoms in total. The van der Waals surface area contributed by atoms with Crippen molar-refractivity contribution in [1.29, 1.82) is 0 Å². The van der Waals surface area contributed by atoms with E-state index in [1.165, 1.54) is 0 Å². The Kier molecular flexibility index (Phi) is 3.84. The molecule has 1 fully saturated rings.